The molecule has 0 saturated heterocycles. The van der Waals surface area contributed by atoms with Crippen molar-refractivity contribution in [1.29, 1.82) is 0 Å². The third kappa shape index (κ3) is 3.66. The van der Waals surface area contributed by atoms with Crippen LogP contribution in [-0.2, 0) is 0 Å². The fourth-order valence-corrected chi connectivity index (χ4v) is 5.34. The molecule has 6 aromatic rings. The van der Waals surface area contributed by atoms with E-state index in [1.807, 2.05) is 12.3 Å². The van der Waals surface area contributed by atoms with Gasteiger partial charge in [-0.1, -0.05) is 18.2 Å². The number of aromatic amines is 2. The Balaban J connectivity index is 1.45. The van der Waals surface area contributed by atoms with E-state index in [-0.39, 0.29) is 0 Å². The minimum atomic E-state index is 0.387. The molecule has 3 N–H and O–H groups in total. The van der Waals surface area contributed by atoms with Crippen molar-refractivity contribution in [2.45, 2.75) is 26.8 Å². The second-order valence-corrected chi connectivity index (χ2v) is 10.2. The van der Waals surface area contributed by atoms with Gasteiger partial charge in [-0.2, -0.15) is 5.10 Å². The van der Waals surface area contributed by atoms with Gasteiger partial charge in [0, 0.05) is 39.1 Å². The maximum absolute atomic E-state index is 4.69. The maximum atomic E-state index is 4.69. The van der Waals surface area contributed by atoms with Gasteiger partial charge in [0.25, 0.3) is 0 Å². The smallest absolute Gasteiger partial charge is 0.116 e. The average Bonchev–Trinajstić information content (AvgIpc) is 3.55. The first-order valence-electron chi connectivity index (χ1n) is 11.5. The summed E-state index contributed by atoms with van der Waals surface area (Å²) in [6.45, 7) is 6.42. The Morgan fingerprint density at radius 2 is 1.71 bits per heavy atom. The molecule has 0 bridgehead atoms. The molecule has 0 unspecified atom stereocenters. The number of nitrogens with one attached hydrogen (secondary N) is 3. The summed E-state index contributed by atoms with van der Waals surface area (Å²) in [5.41, 5.74) is 8.44. The van der Waals surface area contributed by atoms with Gasteiger partial charge in [0.05, 0.1) is 21.8 Å². The predicted molar refractivity (Wildman–Crippen MR) is 143 cm³/mol. The van der Waals surface area contributed by atoms with Gasteiger partial charge < -0.3 is 10.3 Å². The summed E-state index contributed by atoms with van der Waals surface area (Å²) in [6, 6.07) is 23.9. The van der Waals surface area contributed by atoms with Crippen LogP contribution in [0.15, 0.2) is 72.9 Å². The molecule has 0 amide bonds. The maximum Gasteiger partial charge on any atom is 0.116 e. The van der Waals surface area contributed by atoms with Crippen LogP contribution < -0.4 is 5.32 Å². The molecule has 0 fully saturated rings. The molecule has 6 heteroatoms. The van der Waals surface area contributed by atoms with Crippen LogP contribution in [0.25, 0.3) is 54.9 Å². The lowest BCUT2D eigenvalue weighted by molar-refractivity contribution is 0.900. The van der Waals surface area contributed by atoms with E-state index in [9.17, 15) is 0 Å². The van der Waals surface area contributed by atoms with Gasteiger partial charge in [0.1, 0.15) is 5.69 Å². The van der Waals surface area contributed by atoms with Crippen LogP contribution in [0.1, 0.15) is 18.7 Å². The van der Waals surface area contributed by atoms with E-state index in [2.05, 4.69) is 107 Å². The average molecular weight is 464 g/mol. The van der Waals surface area contributed by atoms with E-state index in [0.29, 0.717) is 6.04 Å². The molecule has 0 aliphatic carbocycles. The number of H-pyrrole nitrogens is 2. The monoisotopic (exact) mass is 463 g/mol. The van der Waals surface area contributed by atoms with Crippen LogP contribution in [-0.4, -0.2) is 26.2 Å². The SMILES string of the molecule is Cc1ccc(-c2nccc3[nH]c(-c4n[nH]c5ccc(-c6cccc(NC(C)C)c6)cc45)cc23)s1. The lowest BCUT2D eigenvalue weighted by atomic mass is 10.0. The number of anilines is 1. The summed E-state index contributed by atoms with van der Waals surface area (Å²) in [7, 11) is 0. The molecule has 0 radical (unpaired) electrons. The van der Waals surface area contributed by atoms with Crippen molar-refractivity contribution in [3.05, 3.63) is 77.8 Å². The van der Waals surface area contributed by atoms with E-state index in [1.165, 1.54) is 15.3 Å². The van der Waals surface area contributed by atoms with Crippen molar-refractivity contribution < 1.29 is 0 Å². The Morgan fingerprint density at radius 1 is 0.853 bits per heavy atom. The molecule has 5 nitrogen and oxygen atoms in total. The van der Waals surface area contributed by atoms with Crippen molar-refractivity contribution in [2.75, 3.05) is 5.32 Å². The summed E-state index contributed by atoms with van der Waals surface area (Å²) in [6.07, 6.45) is 1.87. The molecule has 2 aromatic carbocycles. The number of rotatable bonds is 5. The number of thiophene rings is 1. The molecule has 4 aromatic heterocycles. The fourth-order valence-electron chi connectivity index (χ4n) is 4.46. The Bertz CT molecular complexity index is 1640. The van der Waals surface area contributed by atoms with Gasteiger partial charge >= 0.3 is 0 Å². The highest BCUT2D eigenvalue weighted by Gasteiger charge is 2.15. The highest BCUT2D eigenvalue weighted by molar-refractivity contribution is 7.15. The number of aromatic nitrogens is 4. The minimum Gasteiger partial charge on any atom is -0.383 e. The summed E-state index contributed by atoms with van der Waals surface area (Å²) in [5, 5.41) is 13.6. The number of nitrogens with zero attached hydrogens (tertiary/aromatic N) is 2. The van der Waals surface area contributed by atoms with Crippen LogP contribution in [0.4, 0.5) is 5.69 Å². The molecule has 4 heterocycles. The molecule has 0 spiro atoms. The third-order valence-electron chi connectivity index (χ3n) is 5.99. The highest BCUT2D eigenvalue weighted by atomic mass is 32.1. The van der Waals surface area contributed by atoms with Crippen LogP contribution in [0.3, 0.4) is 0 Å². The van der Waals surface area contributed by atoms with Crippen LogP contribution in [0, 0.1) is 6.92 Å². The van der Waals surface area contributed by atoms with E-state index >= 15 is 0 Å². The second kappa shape index (κ2) is 8.15. The quantitative estimate of drug-likeness (QED) is 0.246. The third-order valence-corrected chi connectivity index (χ3v) is 7.00. The summed E-state index contributed by atoms with van der Waals surface area (Å²) >= 11 is 1.77. The minimum absolute atomic E-state index is 0.387. The van der Waals surface area contributed by atoms with Crippen molar-refractivity contribution in [3.8, 4) is 33.1 Å². The zero-order valence-corrected chi connectivity index (χ0v) is 20.1. The first-order valence-corrected chi connectivity index (χ1v) is 12.3. The molecule has 0 aliphatic heterocycles. The van der Waals surface area contributed by atoms with Crippen molar-refractivity contribution >= 4 is 38.8 Å². The Kier molecular flexibility index (Phi) is 4.96. The molecular formula is C28H25N5S. The molecule has 0 atom stereocenters. The topological polar surface area (TPSA) is 69.4 Å². The number of hydrogen-bond acceptors (Lipinski definition) is 4. The van der Waals surface area contributed by atoms with Gasteiger partial charge in [-0.15, -0.1) is 11.3 Å². The van der Waals surface area contributed by atoms with Crippen molar-refractivity contribution in [3.63, 3.8) is 0 Å². The van der Waals surface area contributed by atoms with Crippen molar-refractivity contribution in [2.24, 2.45) is 0 Å². The van der Waals surface area contributed by atoms with Crippen LogP contribution in [0.2, 0.25) is 0 Å². The predicted octanol–water partition coefficient (Wildman–Crippen LogP) is 7.63. The van der Waals surface area contributed by atoms with E-state index in [0.717, 1.165) is 50.1 Å². The van der Waals surface area contributed by atoms with E-state index in [4.69, 9.17) is 0 Å². The molecule has 168 valence electrons. The molecular weight excluding hydrogens is 438 g/mol. The Hall–Kier alpha value is -3.90. The first kappa shape index (κ1) is 20.7. The Labute approximate surface area is 201 Å². The zero-order valence-electron chi connectivity index (χ0n) is 19.3. The van der Waals surface area contributed by atoms with E-state index in [1.54, 1.807) is 11.3 Å². The molecule has 0 saturated carbocycles. The van der Waals surface area contributed by atoms with Gasteiger partial charge in [0.2, 0.25) is 0 Å². The number of pyridine rings is 1. The lowest BCUT2D eigenvalue weighted by Crippen LogP contribution is -2.09. The van der Waals surface area contributed by atoms with E-state index < -0.39 is 0 Å². The fraction of sp³-hybridized carbons (Fsp3) is 0.143. The number of fused-ring (bicyclic) bond motifs is 2. The lowest BCUT2D eigenvalue weighted by Gasteiger charge is -2.11. The van der Waals surface area contributed by atoms with Gasteiger partial charge in [-0.3, -0.25) is 10.1 Å². The van der Waals surface area contributed by atoms with Crippen molar-refractivity contribution in [1.82, 2.24) is 20.2 Å². The number of aryl methyl sites for hydroxylation is 1. The standard InChI is InChI=1S/C28H25N5S/c1-16(2)30-20-6-4-5-18(13-20)19-8-9-24-21(14-19)27(33-32-24)25-15-22-23(31-25)11-12-29-28(22)26-10-7-17(3)34-26/h4-16,30-31H,1-3H3,(H,32,33). The molecule has 0 aliphatic rings. The largest absolute Gasteiger partial charge is 0.383 e. The Morgan fingerprint density at radius 3 is 2.53 bits per heavy atom. The summed E-state index contributed by atoms with van der Waals surface area (Å²) < 4.78 is 0. The second-order valence-electron chi connectivity index (χ2n) is 8.93. The summed E-state index contributed by atoms with van der Waals surface area (Å²) in [5.74, 6) is 0. The van der Waals surface area contributed by atoms with Gasteiger partial charge in [0.15, 0.2) is 0 Å². The van der Waals surface area contributed by atoms with Crippen LogP contribution >= 0.6 is 11.3 Å². The zero-order chi connectivity index (χ0) is 23.2. The highest BCUT2D eigenvalue weighted by Crippen LogP contribution is 2.36. The summed E-state index contributed by atoms with van der Waals surface area (Å²) in [4.78, 5) is 10.7. The molecule has 34 heavy (non-hydrogen) atoms. The molecule has 6 rings (SSSR count). The normalized spacial score (nSPS) is 11.6. The van der Waals surface area contributed by atoms with Gasteiger partial charge in [-0.25, -0.2) is 0 Å². The first-order chi connectivity index (χ1) is 16.5. The number of benzene rings is 2. The van der Waals surface area contributed by atoms with Crippen LogP contribution in [0.5, 0.6) is 0 Å². The number of hydrogen-bond donors (Lipinski definition) is 3. The van der Waals surface area contributed by atoms with Gasteiger partial charge in [-0.05, 0) is 80.4 Å².